The fourth-order valence-corrected chi connectivity index (χ4v) is 4.56. The van der Waals surface area contributed by atoms with E-state index < -0.39 is 10.0 Å². The Morgan fingerprint density at radius 1 is 1.25 bits per heavy atom. The molecule has 0 aliphatic carbocycles. The first kappa shape index (κ1) is 19.0. The van der Waals surface area contributed by atoms with Crippen molar-refractivity contribution in [3.05, 3.63) is 52.2 Å². The van der Waals surface area contributed by atoms with Gasteiger partial charge in [0.05, 0.1) is 4.90 Å². The summed E-state index contributed by atoms with van der Waals surface area (Å²) in [7, 11) is -0.606. The molecule has 2 aromatic rings. The Kier molecular flexibility index (Phi) is 6.85. The van der Waals surface area contributed by atoms with Gasteiger partial charge in [-0.3, -0.25) is 4.79 Å². The van der Waals surface area contributed by atoms with Crippen LogP contribution in [0.3, 0.4) is 0 Å². The van der Waals surface area contributed by atoms with Crippen LogP contribution < -0.4 is 5.32 Å². The monoisotopic (exact) mass is 384 g/mol. The van der Waals surface area contributed by atoms with Gasteiger partial charge in [0.25, 0.3) is 5.91 Å². The van der Waals surface area contributed by atoms with Gasteiger partial charge < -0.3 is 5.32 Å². The van der Waals surface area contributed by atoms with E-state index in [1.165, 1.54) is 31.1 Å². The number of carbonyl (C=O) groups excluding carboxylic acids is 1. The lowest BCUT2D eigenvalue weighted by atomic mass is 10.2. The Balaban J connectivity index is 1.86. The number of rotatable bonds is 8. The van der Waals surface area contributed by atoms with E-state index >= 15 is 0 Å². The molecule has 0 spiro atoms. The molecule has 0 atom stereocenters. The molecular weight excluding hydrogens is 364 g/mol. The van der Waals surface area contributed by atoms with Gasteiger partial charge in [-0.1, -0.05) is 12.1 Å². The van der Waals surface area contributed by atoms with Crippen molar-refractivity contribution in [3.8, 4) is 0 Å². The van der Waals surface area contributed by atoms with Gasteiger partial charge in [-0.2, -0.15) is 11.8 Å². The third-order valence-corrected chi connectivity index (χ3v) is 7.11. The molecule has 0 bridgehead atoms. The SMILES string of the molecule is CN(C)S(=O)(=O)c1cccc(C(=O)NCCSCc2cccs2)c1. The van der Waals surface area contributed by atoms with Gasteiger partial charge in [-0.15, -0.1) is 11.3 Å². The van der Waals surface area contributed by atoms with Crippen molar-refractivity contribution in [2.24, 2.45) is 0 Å². The maximum absolute atomic E-state index is 12.2. The molecule has 130 valence electrons. The van der Waals surface area contributed by atoms with Crippen molar-refractivity contribution in [3.63, 3.8) is 0 Å². The fourth-order valence-electron chi connectivity index (χ4n) is 1.91. The summed E-state index contributed by atoms with van der Waals surface area (Å²) in [6, 6.07) is 10.2. The average Bonchev–Trinajstić information content (AvgIpc) is 3.07. The Labute approximate surface area is 151 Å². The van der Waals surface area contributed by atoms with Crippen LogP contribution in [0, 0.1) is 0 Å². The Morgan fingerprint density at radius 3 is 2.71 bits per heavy atom. The lowest BCUT2D eigenvalue weighted by molar-refractivity contribution is 0.0956. The molecule has 1 aromatic carbocycles. The molecule has 1 amide bonds. The number of benzene rings is 1. The van der Waals surface area contributed by atoms with E-state index in [4.69, 9.17) is 0 Å². The highest BCUT2D eigenvalue weighted by Gasteiger charge is 2.18. The van der Waals surface area contributed by atoms with Gasteiger partial charge in [0.15, 0.2) is 0 Å². The third kappa shape index (κ3) is 5.07. The van der Waals surface area contributed by atoms with E-state index in [-0.39, 0.29) is 10.8 Å². The molecule has 24 heavy (non-hydrogen) atoms. The van der Waals surface area contributed by atoms with Crippen LogP contribution in [0.5, 0.6) is 0 Å². The van der Waals surface area contributed by atoms with Crippen LogP contribution in [0.1, 0.15) is 15.2 Å². The van der Waals surface area contributed by atoms with E-state index in [0.717, 1.165) is 15.8 Å². The van der Waals surface area contributed by atoms with Crippen molar-refractivity contribution in [1.29, 1.82) is 0 Å². The molecular formula is C16H20N2O3S3. The van der Waals surface area contributed by atoms with E-state index in [0.29, 0.717) is 12.1 Å². The number of sulfonamides is 1. The minimum atomic E-state index is -3.54. The zero-order valence-corrected chi connectivity index (χ0v) is 16.0. The van der Waals surface area contributed by atoms with Crippen molar-refractivity contribution >= 4 is 39.0 Å². The minimum Gasteiger partial charge on any atom is -0.351 e. The quantitative estimate of drug-likeness (QED) is 0.711. The minimum absolute atomic E-state index is 0.118. The average molecular weight is 385 g/mol. The molecule has 0 fully saturated rings. The number of carbonyl (C=O) groups is 1. The number of amides is 1. The van der Waals surface area contributed by atoms with Crippen molar-refractivity contribution in [1.82, 2.24) is 9.62 Å². The molecule has 0 aliphatic rings. The molecule has 0 saturated heterocycles. The van der Waals surface area contributed by atoms with Crippen molar-refractivity contribution in [2.45, 2.75) is 10.6 Å². The predicted molar refractivity (Wildman–Crippen MR) is 100 cm³/mol. The Hall–Kier alpha value is -1.35. The zero-order chi connectivity index (χ0) is 17.6. The summed E-state index contributed by atoms with van der Waals surface area (Å²) in [6.45, 7) is 0.541. The van der Waals surface area contributed by atoms with Crippen molar-refractivity contribution < 1.29 is 13.2 Å². The summed E-state index contributed by atoms with van der Waals surface area (Å²) in [5, 5.41) is 4.87. The van der Waals surface area contributed by atoms with Gasteiger partial charge in [0.1, 0.15) is 0 Å². The lowest BCUT2D eigenvalue weighted by Gasteiger charge is -2.12. The number of hydrogen-bond acceptors (Lipinski definition) is 5. The van der Waals surface area contributed by atoms with E-state index in [1.54, 1.807) is 35.2 Å². The van der Waals surface area contributed by atoms with Crippen LogP contribution in [-0.2, 0) is 15.8 Å². The summed E-state index contributed by atoms with van der Waals surface area (Å²) in [4.78, 5) is 13.6. The number of hydrogen-bond donors (Lipinski definition) is 1. The molecule has 8 heteroatoms. The summed E-state index contributed by atoms with van der Waals surface area (Å²) in [5.41, 5.74) is 0.348. The van der Waals surface area contributed by atoms with E-state index in [1.807, 2.05) is 11.4 Å². The third-order valence-electron chi connectivity index (χ3n) is 3.23. The van der Waals surface area contributed by atoms with Crippen LogP contribution in [0.25, 0.3) is 0 Å². The van der Waals surface area contributed by atoms with Gasteiger partial charge in [0.2, 0.25) is 10.0 Å². The maximum atomic E-state index is 12.2. The molecule has 0 radical (unpaired) electrons. The molecule has 1 heterocycles. The second kappa shape index (κ2) is 8.66. The largest absolute Gasteiger partial charge is 0.351 e. The number of thiophene rings is 1. The maximum Gasteiger partial charge on any atom is 0.251 e. The smallest absolute Gasteiger partial charge is 0.251 e. The van der Waals surface area contributed by atoms with Crippen LogP contribution in [0.4, 0.5) is 0 Å². The lowest BCUT2D eigenvalue weighted by Crippen LogP contribution is -2.26. The van der Waals surface area contributed by atoms with Crippen LogP contribution >= 0.6 is 23.1 Å². The van der Waals surface area contributed by atoms with Crippen molar-refractivity contribution in [2.75, 3.05) is 26.4 Å². The van der Waals surface area contributed by atoms with E-state index in [2.05, 4.69) is 11.4 Å². The standard InChI is InChI=1S/C16H20N2O3S3/c1-18(2)24(20,21)15-7-3-5-13(11-15)16(19)17-8-10-22-12-14-6-4-9-23-14/h3-7,9,11H,8,10,12H2,1-2H3,(H,17,19). The molecule has 5 nitrogen and oxygen atoms in total. The molecule has 1 N–H and O–H groups in total. The van der Waals surface area contributed by atoms with Gasteiger partial charge in [-0.05, 0) is 29.6 Å². The fraction of sp³-hybridized carbons (Fsp3) is 0.312. The highest BCUT2D eigenvalue weighted by Crippen LogP contribution is 2.17. The van der Waals surface area contributed by atoms with Gasteiger partial charge in [0, 0.05) is 42.6 Å². The molecule has 0 unspecified atom stereocenters. The van der Waals surface area contributed by atoms with Crippen LogP contribution in [0.15, 0.2) is 46.7 Å². The first-order chi connectivity index (χ1) is 11.4. The highest BCUT2D eigenvalue weighted by molar-refractivity contribution is 7.98. The number of nitrogens with zero attached hydrogens (tertiary/aromatic N) is 1. The van der Waals surface area contributed by atoms with Gasteiger partial charge >= 0.3 is 0 Å². The molecule has 0 aliphatic heterocycles. The summed E-state index contributed by atoms with van der Waals surface area (Å²) in [6.07, 6.45) is 0. The summed E-state index contributed by atoms with van der Waals surface area (Å²) < 4.78 is 25.4. The zero-order valence-electron chi connectivity index (χ0n) is 13.6. The van der Waals surface area contributed by atoms with Gasteiger partial charge in [-0.25, -0.2) is 12.7 Å². The number of nitrogens with one attached hydrogen (secondary N) is 1. The second-order valence-electron chi connectivity index (χ2n) is 5.20. The molecule has 0 saturated carbocycles. The predicted octanol–water partition coefficient (Wildman–Crippen LogP) is 2.66. The van der Waals surface area contributed by atoms with Crippen LogP contribution in [-0.4, -0.2) is 45.0 Å². The topological polar surface area (TPSA) is 66.5 Å². The highest BCUT2D eigenvalue weighted by atomic mass is 32.2. The normalized spacial score (nSPS) is 11.6. The molecule has 2 rings (SSSR count). The summed E-state index contributed by atoms with van der Waals surface area (Å²) >= 11 is 3.47. The Morgan fingerprint density at radius 2 is 2.04 bits per heavy atom. The second-order valence-corrected chi connectivity index (χ2v) is 9.49. The first-order valence-electron chi connectivity index (χ1n) is 7.32. The summed E-state index contributed by atoms with van der Waals surface area (Å²) in [5.74, 6) is 1.48. The first-order valence-corrected chi connectivity index (χ1v) is 10.8. The number of thioether (sulfide) groups is 1. The van der Waals surface area contributed by atoms with Crippen LogP contribution in [0.2, 0.25) is 0 Å². The Bertz CT molecular complexity index is 772. The van der Waals surface area contributed by atoms with E-state index in [9.17, 15) is 13.2 Å². The molecule has 1 aromatic heterocycles.